The highest BCUT2D eigenvalue weighted by atomic mass is 32.2. The Bertz CT molecular complexity index is 1110. The summed E-state index contributed by atoms with van der Waals surface area (Å²) >= 11 is 0. The topological polar surface area (TPSA) is 72.5 Å². The van der Waals surface area contributed by atoms with Gasteiger partial charge < -0.3 is 10.1 Å². The highest BCUT2D eigenvalue weighted by Gasteiger charge is 2.28. The molecule has 1 N–H and O–H groups in total. The molecule has 4 rings (SSSR count). The van der Waals surface area contributed by atoms with E-state index in [2.05, 4.69) is 5.32 Å². The largest absolute Gasteiger partial charge is 0.457 e. The zero-order valence-corrected chi connectivity index (χ0v) is 16.8. The first-order chi connectivity index (χ1) is 13.9. The van der Waals surface area contributed by atoms with Crippen LogP contribution < -0.4 is 10.1 Å². The molecule has 0 unspecified atom stereocenters. The number of carbonyl (C=O) groups is 1. The molecule has 1 aliphatic rings. The van der Waals surface area contributed by atoms with E-state index >= 15 is 0 Å². The predicted octanol–water partition coefficient (Wildman–Crippen LogP) is 4.17. The van der Waals surface area contributed by atoms with Gasteiger partial charge in [0.05, 0.1) is 16.7 Å². The van der Waals surface area contributed by atoms with Crippen molar-refractivity contribution in [2.45, 2.75) is 24.3 Å². The Morgan fingerprint density at radius 2 is 1.45 bits per heavy atom. The van der Waals surface area contributed by atoms with Crippen molar-refractivity contribution in [1.29, 1.82) is 0 Å². The SMILES string of the molecule is Cc1ccc(S(=O)(=O)CCC(=O)NC2c3ccccc3Oc3ccccc32)cc1. The maximum absolute atomic E-state index is 12.6. The zero-order valence-electron chi connectivity index (χ0n) is 16.0. The first kappa shape index (κ1) is 19.2. The molecule has 0 bridgehead atoms. The van der Waals surface area contributed by atoms with E-state index in [-0.39, 0.29) is 29.0 Å². The summed E-state index contributed by atoms with van der Waals surface area (Å²) in [6.45, 7) is 1.90. The molecule has 0 fully saturated rings. The minimum atomic E-state index is -3.52. The van der Waals surface area contributed by atoms with Crippen LogP contribution in [0.3, 0.4) is 0 Å². The van der Waals surface area contributed by atoms with Crippen molar-refractivity contribution in [2.24, 2.45) is 0 Å². The van der Waals surface area contributed by atoms with E-state index in [1.54, 1.807) is 24.3 Å². The maximum atomic E-state index is 12.6. The van der Waals surface area contributed by atoms with Gasteiger partial charge in [-0.3, -0.25) is 4.79 Å². The normalized spacial score (nSPS) is 13.1. The fourth-order valence-electron chi connectivity index (χ4n) is 3.39. The van der Waals surface area contributed by atoms with Crippen LogP contribution in [0.15, 0.2) is 77.7 Å². The summed E-state index contributed by atoms with van der Waals surface area (Å²) in [6, 6.07) is 21.3. The van der Waals surface area contributed by atoms with Crippen molar-refractivity contribution in [1.82, 2.24) is 5.32 Å². The summed E-state index contributed by atoms with van der Waals surface area (Å²) in [5.41, 5.74) is 2.68. The van der Waals surface area contributed by atoms with Gasteiger partial charge in [0.2, 0.25) is 5.91 Å². The van der Waals surface area contributed by atoms with E-state index in [9.17, 15) is 13.2 Å². The van der Waals surface area contributed by atoms with Gasteiger partial charge >= 0.3 is 0 Å². The van der Waals surface area contributed by atoms with E-state index < -0.39 is 9.84 Å². The number of nitrogens with one attached hydrogen (secondary N) is 1. The summed E-state index contributed by atoms with van der Waals surface area (Å²) in [5.74, 6) is 0.804. The molecule has 0 atom stereocenters. The standard InChI is InChI=1S/C23H21NO4S/c1-16-10-12-17(13-11-16)29(26,27)15-14-22(25)24-23-18-6-2-4-8-20(18)28-21-9-5-3-7-19(21)23/h2-13,23H,14-15H2,1H3,(H,24,25). The molecule has 148 valence electrons. The van der Waals surface area contributed by atoms with Gasteiger partial charge in [0.1, 0.15) is 11.5 Å². The number of carbonyl (C=O) groups excluding carboxylic acids is 1. The lowest BCUT2D eigenvalue weighted by Gasteiger charge is -2.28. The van der Waals surface area contributed by atoms with Crippen molar-refractivity contribution in [3.63, 3.8) is 0 Å². The molecule has 0 spiro atoms. The molecule has 6 heteroatoms. The third-order valence-electron chi connectivity index (χ3n) is 4.96. The highest BCUT2D eigenvalue weighted by molar-refractivity contribution is 7.91. The summed E-state index contributed by atoms with van der Waals surface area (Å²) in [5, 5.41) is 2.98. The number of hydrogen-bond donors (Lipinski definition) is 1. The Morgan fingerprint density at radius 3 is 2.03 bits per heavy atom. The van der Waals surface area contributed by atoms with Gasteiger partial charge in [0.25, 0.3) is 0 Å². The minimum absolute atomic E-state index is 0.113. The molecule has 0 radical (unpaired) electrons. The summed E-state index contributed by atoms with van der Waals surface area (Å²) in [4.78, 5) is 12.9. The number of amides is 1. The van der Waals surface area contributed by atoms with Crippen molar-refractivity contribution < 1.29 is 17.9 Å². The molecule has 1 aliphatic heterocycles. The number of fused-ring (bicyclic) bond motifs is 2. The maximum Gasteiger partial charge on any atom is 0.221 e. The molecule has 1 heterocycles. The predicted molar refractivity (Wildman–Crippen MR) is 111 cm³/mol. The van der Waals surface area contributed by atoms with Gasteiger partial charge in [-0.1, -0.05) is 54.1 Å². The molecule has 29 heavy (non-hydrogen) atoms. The molecular formula is C23H21NO4S. The quantitative estimate of drug-likeness (QED) is 0.689. The second-order valence-corrected chi connectivity index (χ2v) is 9.17. The van der Waals surface area contributed by atoms with Crippen molar-refractivity contribution >= 4 is 15.7 Å². The number of aryl methyl sites for hydroxylation is 1. The number of hydrogen-bond acceptors (Lipinski definition) is 4. The van der Waals surface area contributed by atoms with Gasteiger partial charge in [-0.05, 0) is 31.2 Å². The van der Waals surface area contributed by atoms with Gasteiger partial charge in [-0.25, -0.2) is 8.42 Å². The smallest absolute Gasteiger partial charge is 0.221 e. The fourth-order valence-corrected chi connectivity index (χ4v) is 4.63. The van der Waals surface area contributed by atoms with Crippen LogP contribution in [0.5, 0.6) is 11.5 Å². The summed E-state index contributed by atoms with van der Waals surface area (Å²) < 4.78 is 31.0. The fraction of sp³-hybridized carbons (Fsp3) is 0.174. The molecule has 0 aliphatic carbocycles. The average Bonchev–Trinajstić information content (AvgIpc) is 2.72. The van der Waals surface area contributed by atoms with Gasteiger partial charge in [0, 0.05) is 17.5 Å². The number of benzene rings is 3. The number of para-hydroxylation sites is 2. The van der Waals surface area contributed by atoms with Crippen LogP contribution in [0.4, 0.5) is 0 Å². The molecular weight excluding hydrogens is 386 g/mol. The van der Waals surface area contributed by atoms with Crippen LogP contribution in [-0.4, -0.2) is 20.1 Å². The van der Waals surface area contributed by atoms with Crippen molar-refractivity contribution in [3.05, 3.63) is 89.5 Å². The third kappa shape index (κ3) is 4.03. The first-order valence-corrected chi connectivity index (χ1v) is 11.0. The number of ether oxygens (including phenoxy) is 1. The van der Waals surface area contributed by atoms with Gasteiger partial charge in [-0.2, -0.15) is 0 Å². The number of rotatable bonds is 5. The lowest BCUT2D eigenvalue weighted by atomic mass is 9.94. The van der Waals surface area contributed by atoms with Gasteiger partial charge in [-0.15, -0.1) is 0 Å². The minimum Gasteiger partial charge on any atom is -0.457 e. The van der Waals surface area contributed by atoms with Crippen molar-refractivity contribution in [3.8, 4) is 11.5 Å². The Labute approximate surface area is 170 Å². The van der Waals surface area contributed by atoms with Crippen molar-refractivity contribution in [2.75, 3.05) is 5.75 Å². The lowest BCUT2D eigenvalue weighted by molar-refractivity contribution is -0.121. The molecule has 0 saturated heterocycles. The second kappa shape index (κ2) is 7.72. The Kier molecular flexibility index (Phi) is 5.11. The monoisotopic (exact) mass is 407 g/mol. The van der Waals surface area contributed by atoms with E-state index in [0.717, 1.165) is 16.7 Å². The van der Waals surface area contributed by atoms with Crippen LogP contribution in [0.1, 0.15) is 29.2 Å². The number of sulfone groups is 1. The average molecular weight is 407 g/mol. The molecule has 3 aromatic rings. The molecule has 1 amide bonds. The summed E-state index contributed by atoms with van der Waals surface area (Å²) in [6.07, 6.45) is -0.113. The second-order valence-electron chi connectivity index (χ2n) is 7.06. The zero-order chi connectivity index (χ0) is 20.4. The first-order valence-electron chi connectivity index (χ1n) is 9.38. The molecule has 5 nitrogen and oxygen atoms in total. The third-order valence-corrected chi connectivity index (χ3v) is 6.70. The van der Waals surface area contributed by atoms with Crippen LogP contribution in [0.25, 0.3) is 0 Å². The van der Waals surface area contributed by atoms with Crippen LogP contribution in [0.2, 0.25) is 0 Å². The van der Waals surface area contributed by atoms with E-state index in [1.165, 1.54) is 0 Å². The van der Waals surface area contributed by atoms with E-state index in [0.29, 0.717) is 11.5 Å². The molecule has 3 aromatic carbocycles. The Balaban J connectivity index is 1.51. The van der Waals surface area contributed by atoms with E-state index in [4.69, 9.17) is 4.74 Å². The van der Waals surface area contributed by atoms with Gasteiger partial charge in [0.15, 0.2) is 9.84 Å². The summed E-state index contributed by atoms with van der Waals surface area (Å²) in [7, 11) is -3.52. The lowest BCUT2D eigenvalue weighted by Crippen LogP contribution is -2.32. The molecule has 0 saturated carbocycles. The van der Waals surface area contributed by atoms with Crippen LogP contribution in [0, 0.1) is 6.92 Å². The van der Waals surface area contributed by atoms with Crippen LogP contribution in [-0.2, 0) is 14.6 Å². The molecule has 0 aromatic heterocycles. The highest BCUT2D eigenvalue weighted by Crippen LogP contribution is 2.42. The Hall–Kier alpha value is -3.12. The van der Waals surface area contributed by atoms with E-state index in [1.807, 2.05) is 55.5 Å². The van der Waals surface area contributed by atoms with Crippen LogP contribution >= 0.6 is 0 Å². The Morgan fingerprint density at radius 1 is 0.897 bits per heavy atom.